The number of para-hydroxylation sites is 3. The molecule has 51 heavy (non-hydrogen) atoms. The van der Waals surface area contributed by atoms with Crippen molar-refractivity contribution in [2.75, 3.05) is 4.90 Å². The monoisotopic (exact) mass is 653 g/mol. The normalized spacial score (nSPS) is 12.6. The summed E-state index contributed by atoms with van der Waals surface area (Å²) in [5.74, 6) is 3.33. The van der Waals surface area contributed by atoms with Gasteiger partial charge in [-0.2, -0.15) is 0 Å². The Morgan fingerprint density at radius 1 is 0.392 bits per heavy atom. The highest BCUT2D eigenvalue weighted by Gasteiger charge is 2.41. The maximum atomic E-state index is 6.86. The Kier molecular flexibility index (Phi) is 6.01. The minimum absolute atomic E-state index is 0.0609. The summed E-state index contributed by atoms with van der Waals surface area (Å²) in [6.45, 7) is -0.0609. The van der Waals surface area contributed by atoms with Crippen LogP contribution in [0.2, 0.25) is 0 Å². The Bertz CT molecular complexity index is 2790. The van der Waals surface area contributed by atoms with E-state index >= 15 is 0 Å². The molecule has 0 saturated carbocycles. The summed E-state index contributed by atoms with van der Waals surface area (Å²) in [5, 5.41) is 4.48. The summed E-state index contributed by atoms with van der Waals surface area (Å²) in [5.41, 5.74) is 10.3. The first-order valence-electron chi connectivity index (χ1n) is 17.3. The summed E-state index contributed by atoms with van der Waals surface area (Å²) in [6.07, 6.45) is 0. The zero-order valence-corrected chi connectivity index (χ0v) is 27.4. The van der Waals surface area contributed by atoms with Crippen molar-refractivity contribution in [2.45, 2.75) is 0 Å². The van der Waals surface area contributed by atoms with Crippen molar-refractivity contribution in [3.8, 4) is 34.1 Å². The first kappa shape index (κ1) is 28.2. The van der Waals surface area contributed by atoms with Gasteiger partial charge in [0.15, 0.2) is 0 Å². The molecule has 0 N–H and O–H groups in total. The molecular weight excluding hydrogens is 625 g/mol. The van der Waals surface area contributed by atoms with Crippen molar-refractivity contribution >= 4 is 72.9 Å². The van der Waals surface area contributed by atoms with Crippen LogP contribution in [0.3, 0.4) is 0 Å². The number of rotatable bonds is 4. The molecule has 3 heterocycles. The van der Waals surface area contributed by atoms with Crippen LogP contribution < -0.4 is 30.8 Å². The van der Waals surface area contributed by atoms with Crippen molar-refractivity contribution in [1.82, 2.24) is 0 Å². The van der Waals surface area contributed by atoms with E-state index in [0.717, 1.165) is 89.5 Å². The van der Waals surface area contributed by atoms with E-state index in [0.29, 0.717) is 0 Å². The van der Waals surface area contributed by atoms with Crippen molar-refractivity contribution in [2.24, 2.45) is 0 Å². The van der Waals surface area contributed by atoms with Crippen LogP contribution in [0.1, 0.15) is 0 Å². The van der Waals surface area contributed by atoms with E-state index < -0.39 is 0 Å². The van der Waals surface area contributed by atoms with Crippen LogP contribution in [0, 0.1) is 0 Å². The second-order valence-electron chi connectivity index (χ2n) is 13.3. The second-order valence-corrected chi connectivity index (χ2v) is 13.3. The molecular formula is C46H28BNO3. The van der Waals surface area contributed by atoms with E-state index in [1.807, 2.05) is 18.2 Å². The maximum Gasteiger partial charge on any atom is 0.260 e. The third-order valence-corrected chi connectivity index (χ3v) is 10.3. The zero-order chi connectivity index (χ0) is 33.5. The van der Waals surface area contributed by atoms with Crippen LogP contribution in [0.15, 0.2) is 174 Å². The lowest BCUT2D eigenvalue weighted by Gasteiger charge is -2.33. The van der Waals surface area contributed by atoms with Crippen molar-refractivity contribution < 1.29 is 13.9 Å². The summed E-state index contributed by atoms with van der Waals surface area (Å²) in [6, 6.07) is 59.4. The fraction of sp³-hybridized carbons (Fsp3) is 0. The van der Waals surface area contributed by atoms with Crippen molar-refractivity contribution in [3.63, 3.8) is 0 Å². The average molecular weight is 654 g/mol. The largest absolute Gasteiger partial charge is 0.458 e. The molecule has 4 nitrogen and oxygen atoms in total. The molecule has 0 unspecified atom stereocenters. The summed E-state index contributed by atoms with van der Waals surface area (Å²) in [4.78, 5) is 2.25. The van der Waals surface area contributed by atoms with Gasteiger partial charge in [-0.3, -0.25) is 0 Å². The molecule has 0 bridgehead atoms. The standard InChI is InChI=1S/C46H28BNO3/c1-3-13-33(14-4-1)48(34-15-5-2-6-16-34)35-21-22-36-37-27-43-39(28-42(37)50-41(36)26-35)47-38-17-9-10-18-40(38)49-44-24-32(25-45(51-43)46(44)47)31-20-19-29-11-7-8-12-30(29)23-31/h1-28H. The number of nitrogens with zero attached hydrogens (tertiary/aromatic N) is 1. The Balaban J connectivity index is 1.07. The van der Waals surface area contributed by atoms with Gasteiger partial charge >= 0.3 is 0 Å². The SMILES string of the molecule is c1ccc(N(c2ccccc2)c2ccc3c(c2)oc2cc4c(cc23)Oc2cc(-c3ccc5ccccc5c3)cc3c2B4c2ccccc2O3)cc1. The molecule has 0 radical (unpaired) electrons. The van der Waals surface area contributed by atoms with Crippen LogP contribution in [-0.4, -0.2) is 6.71 Å². The molecule has 9 aromatic rings. The van der Waals surface area contributed by atoms with E-state index in [9.17, 15) is 0 Å². The van der Waals surface area contributed by atoms with E-state index in [1.54, 1.807) is 0 Å². The average Bonchev–Trinajstić information content (AvgIpc) is 3.54. The van der Waals surface area contributed by atoms with Crippen LogP contribution in [0.25, 0.3) is 43.8 Å². The Morgan fingerprint density at radius 3 is 1.84 bits per heavy atom. The second kappa shape index (κ2) is 10.9. The van der Waals surface area contributed by atoms with Gasteiger partial charge in [-0.25, -0.2) is 0 Å². The van der Waals surface area contributed by atoms with Gasteiger partial charge in [0.1, 0.15) is 34.2 Å². The van der Waals surface area contributed by atoms with Gasteiger partial charge in [0.2, 0.25) is 0 Å². The van der Waals surface area contributed by atoms with Crippen LogP contribution in [-0.2, 0) is 0 Å². The van der Waals surface area contributed by atoms with Gasteiger partial charge in [-0.05, 0) is 106 Å². The molecule has 238 valence electrons. The molecule has 2 aliphatic rings. The predicted molar refractivity (Wildman–Crippen MR) is 209 cm³/mol. The van der Waals surface area contributed by atoms with Crippen LogP contribution >= 0.6 is 0 Å². The van der Waals surface area contributed by atoms with Crippen molar-refractivity contribution in [1.29, 1.82) is 0 Å². The lowest BCUT2D eigenvalue weighted by Crippen LogP contribution is -2.57. The van der Waals surface area contributed by atoms with Crippen molar-refractivity contribution in [3.05, 3.63) is 170 Å². The fourth-order valence-electron chi connectivity index (χ4n) is 7.98. The summed E-state index contributed by atoms with van der Waals surface area (Å²) < 4.78 is 20.2. The van der Waals surface area contributed by atoms with E-state index in [4.69, 9.17) is 13.9 Å². The van der Waals surface area contributed by atoms with Crippen LogP contribution in [0.5, 0.6) is 23.0 Å². The zero-order valence-electron chi connectivity index (χ0n) is 27.4. The Hall–Kier alpha value is -6.72. The number of anilines is 3. The molecule has 8 aromatic carbocycles. The Morgan fingerprint density at radius 2 is 1.06 bits per heavy atom. The molecule has 11 rings (SSSR count). The molecule has 0 aliphatic carbocycles. The first-order chi connectivity index (χ1) is 25.2. The maximum absolute atomic E-state index is 6.86. The van der Waals surface area contributed by atoms with Crippen LogP contribution in [0.4, 0.5) is 17.1 Å². The van der Waals surface area contributed by atoms with E-state index in [1.165, 1.54) is 10.8 Å². The highest BCUT2D eigenvalue weighted by Crippen LogP contribution is 2.42. The number of ether oxygens (including phenoxy) is 2. The molecule has 0 saturated heterocycles. The quantitative estimate of drug-likeness (QED) is 0.177. The highest BCUT2D eigenvalue weighted by atomic mass is 16.5. The molecule has 2 aliphatic heterocycles. The number of benzene rings is 8. The number of furan rings is 1. The van der Waals surface area contributed by atoms with E-state index in [-0.39, 0.29) is 6.71 Å². The minimum atomic E-state index is -0.0609. The van der Waals surface area contributed by atoms with Gasteiger partial charge in [-0.15, -0.1) is 0 Å². The highest BCUT2D eigenvalue weighted by molar-refractivity contribution is 6.98. The molecule has 0 fully saturated rings. The fourth-order valence-corrected chi connectivity index (χ4v) is 7.98. The third-order valence-electron chi connectivity index (χ3n) is 10.3. The lowest BCUT2D eigenvalue weighted by atomic mass is 9.35. The van der Waals surface area contributed by atoms with Gasteiger partial charge < -0.3 is 18.8 Å². The molecule has 0 amide bonds. The number of hydrogen-bond acceptors (Lipinski definition) is 4. The van der Waals surface area contributed by atoms with Gasteiger partial charge in [0.25, 0.3) is 6.71 Å². The summed E-state index contributed by atoms with van der Waals surface area (Å²) >= 11 is 0. The lowest BCUT2D eigenvalue weighted by molar-refractivity contribution is 0.465. The predicted octanol–water partition coefficient (Wildman–Crippen LogP) is 10.6. The van der Waals surface area contributed by atoms with Gasteiger partial charge in [0, 0.05) is 39.4 Å². The molecule has 0 atom stereocenters. The van der Waals surface area contributed by atoms with Gasteiger partial charge in [-0.1, -0.05) is 91.0 Å². The number of hydrogen-bond donors (Lipinski definition) is 0. The van der Waals surface area contributed by atoms with Gasteiger partial charge in [0.05, 0.1) is 0 Å². The smallest absolute Gasteiger partial charge is 0.260 e. The topological polar surface area (TPSA) is 34.8 Å². The first-order valence-corrected chi connectivity index (χ1v) is 17.3. The number of fused-ring (bicyclic) bond motifs is 8. The molecule has 0 spiro atoms. The van der Waals surface area contributed by atoms with E-state index in [2.05, 4.69) is 157 Å². The third kappa shape index (κ3) is 4.41. The summed E-state index contributed by atoms with van der Waals surface area (Å²) in [7, 11) is 0. The Labute approximate surface area is 294 Å². The molecule has 5 heteroatoms. The molecule has 1 aromatic heterocycles. The minimum Gasteiger partial charge on any atom is -0.458 e.